The van der Waals surface area contributed by atoms with Crippen LogP contribution in [0.1, 0.15) is 23.0 Å². The van der Waals surface area contributed by atoms with Crippen LogP contribution in [0.3, 0.4) is 0 Å². The molecular formula is C12H10Cl2O2. The number of hydrogen-bond acceptors (Lipinski definition) is 2. The van der Waals surface area contributed by atoms with Crippen molar-refractivity contribution in [3.05, 3.63) is 57.5 Å². The standard InChI is InChI=1S/C12H10Cl2O2/c1-7-4-8(6-16-7)12(15)10-5-9(13)2-3-11(10)14/h2-6,12,15H,1H3. The maximum absolute atomic E-state index is 10.1. The highest BCUT2D eigenvalue weighted by Crippen LogP contribution is 2.31. The highest BCUT2D eigenvalue weighted by molar-refractivity contribution is 6.33. The monoisotopic (exact) mass is 256 g/mol. The molecule has 0 radical (unpaired) electrons. The number of hydrogen-bond donors (Lipinski definition) is 1. The zero-order valence-electron chi connectivity index (χ0n) is 8.58. The van der Waals surface area contributed by atoms with Crippen molar-refractivity contribution < 1.29 is 9.52 Å². The van der Waals surface area contributed by atoms with Crippen molar-refractivity contribution in [3.8, 4) is 0 Å². The van der Waals surface area contributed by atoms with E-state index in [2.05, 4.69) is 0 Å². The van der Waals surface area contributed by atoms with Gasteiger partial charge < -0.3 is 9.52 Å². The molecule has 1 N–H and O–H groups in total. The predicted octanol–water partition coefficient (Wildman–Crippen LogP) is 3.98. The molecule has 0 amide bonds. The lowest BCUT2D eigenvalue weighted by molar-refractivity contribution is 0.219. The van der Waals surface area contributed by atoms with Crippen molar-refractivity contribution in [2.24, 2.45) is 0 Å². The van der Waals surface area contributed by atoms with Crippen molar-refractivity contribution in [2.75, 3.05) is 0 Å². The molecule has 0 bridgehead atoms. The Kier molecular flexibility index (Phi) is 3.24. The molecule has 4 heteroatoms. The van der Waals surface area contributed by atoms with Gasteiger partial charge in [-0.1, -0.05) is 23.2 Å². The lowest BCUT2D eigenvalue weighted by atomic mass is 10.0. The summed E-state index contributed by atoms with van der Waals surface area (Å²) in [6, 6.07) is 6.76. The summed E-state index contributed by atoms with van der Waals surface area (Å²) in [5, 5.41) is 11.1. The first kappa shape index (κ1) is 11.5. The first-order valence-corrected chi connectivity index (χ1v) is 5.51. The molecule has 1 aromatic heterocycles. The zero-order valence-corrected chi connectivity index (χ0v) is 10.1. The Morgan fingerprint density at radius 1 is 1.25 bits per heavy atom. The average Bonchev–Trinajstić information content (AvgIpc) is 2.67. The maximum Gasteiger partial charge on any atom is 0.109 e. The van der Waals surface area contributed by atoms with E-state index in [1.54, 1.807) is 24.3 Å². The van der Waals surface area contributed by atoms with Gasteiger partial charge in [0.15, 0.2) is 0 Å². The lowest BCUT2D eigenvalue weighted by Gasteiger charge is -2.10. The fourth-order valence-corrected chi connectivity index (χ4v) is 1.91. The molecular weight excluding hydrogens is 247 g/mol. The minimum atomic E-state index is -0.816. The fraction of sp³-hybridized carbons (Fsp3) is 0.167. The molecule has 0 aliphatic rings. The van der Waals surface area contributed by atoms with Crippen molar-refractivity contribution in [1.29, 1.82) is 0 Å². The van der Waals surface area contributed by atoms with Gasteiger partial charge in [0.25, 0.3) is 0 Å². The molecule has 2 rings (SSSR count). The Morgan fingerprint density at radius 3 is 2.62 bits per heavy atom. The van der Waals surface area contributed by atoms with Crippen LogP contribution in [0.4, 0.5) is 0 Å². The molecule has 0 aliphatic heterocycles. The zero-order chi connectivity index (χ0) is 11.7. The van der Waals surface area contributed by atoms with Gasteiger partial charge in [0, 0.05) is 21.2 Å². The van der Waals surface area contributed by atoms with E-state index in [-0.39, 0.29) is 0 Å². The summed E-state index contributed by atoms with van der Waals surface area (Å²) in [6.45, 7) is 1.82. The van der Waals surface area contributed by atoms with Gasteiger partial charge in [-0.3, -0.25) is 0 Å². The number of aliphatic hydroxyl groups is 1. The summed E-state index contributed by atoms with van der Waals surface area (Å²) in [4.78, 5) is 0. The smallest absolute Gasteiger partial charge is 0.109 e. The molecule has 1 heterocycles. The van der Waals surface area contributed by atoms with Gasteiger partial charge in [-0.2, -0.15) is 0 Å². The third-order valence-corrected chi connectivity index (χ3v) is 2.90. The lowest BCUT2D eigenvalue weighted by Crippen LogP contribution is -1.98. The Balaban J connectivity index is 2.40. The van der Waals surface area contributed by atoms with Crippen LogP contribution >= 0.6 is 23.2 Å². The molecule has 16 heavy (non-hydrogen) atoms. The molecule has 2 nitrogen and oxygen atoms in total. The number of aryl methyl sites for hydroxylation is 1. The van der Waals surface area contributed by atoms with Gasteiger partial charge >= 0.3 is 0 Å². The van der Waals surface area contributed by atoms with E-state index in [1.165, 1.54) is 6.26 Å². The van der Waals surface area contributed by atoms with Gasteiger partial charge in [0.05, 0.1) is 6.26 Å². The number of rotatable bonds is 2. The van der Waals surface area contributed by atoms with E-state index >= 15 is 0 Å². The van der Waals surface area contributed by atoms with Gasteiger partial charge in [-0.15, -0.1) is 0 Å². The van der Waals surface area contributed by atoms with E-state index in [1.807, 2.05) is 6.92 Å². The Hall–Kier alpha value is -0.960. The normalized spacial score (nSPS) is 12.8. The molecule has 0 spiro atoms. The molecule has 0 fully saturated rings. The van der Waals surface area contributed by atoms with Gasteiger partial charge in [0.1, 0.15) is 11.9 Å². The van der Waals surface area contributed by atoms with Crippen molar-refractivity contribution in [1.82, 2.24) is 0 Å². The topological polar surface area (TPSA) is 33.4 Å². The van der Waals surface area contributed by atoms with Crippen molar-refractivity contribution in [3.63, 3.8) is 0 Å². The van der Waals surface area contributed by atoms with Crippen molar-refractivity contribution in [2.45, 2.75) is 13.0 Å². The Morgan fingerprint density at radius 2 is 2.00 bits per heavy atom. The summed E-state index contributed by atoms with van der Waals surface area (Å²) in [5.41, 5.74) is 1.25. The number of aliphatic hydroxyl groups excluding tert-OH is 1. The van der Waals surface area contributed by atoms with E-state index in [0.717, 1.165) is 5.76 Å². The third kappa shape index (κ3) is 2.24. The second kappa shape index (κ2) is 4.50. The second-order valence-corrected chi connectivity index (χ2v) is 4.40. The predicted molar refractivity (Wildman–Crippen MR) is 64.0 cm³/mol. The largest absolute Gasteiger partial charge is 0.469 e. The molecule has 0 saturated carbocycles. The van der Waals surface area contributed by atoms with Crippen LogP contribution in [0.2, 0.25) is 10.0 Å². The average molecular weight is 257 g/mol. The van der Waals surface area contributed by atoms with E-state index in [4.69, 9.17) is 27.6 Å². The SMILES string of the molecule is Cc1cc(C(O)c2cc(Cl)ccc2Cl)co1. The van der Waals surface area contributed by atoms with E-state index in [0.29, 0.717) is 21.2 Å². The van der Waals surface area contributed by atoms with Gasteiger partial charge in [0.2, 0.25) is 0 Å². The highest BCUT2D eigenvalue weighted by atomic mass is 35.5. The summed E-state index contributed by atoms with van der Waals surface area (Å²) in [5.74, 6) is 0.743. The summed E-state index contributed by atoms with van der Waals surface area (Å²) in [6.07, 6.45) is 0.695. The Labute approximate surface area is 103 Å². The number of benzene rings is 1. The van der Waals surface area contributed by atoms with Crippen LogP contribution in [0.15, 0.2) is 34.9 Å². The first-order valence-electron chi connectivity index (χ1n) is 4.76. The molecule has 0 aliphatic carbocycles. The van der Waals surface area contributed by atoms with Crippen LogP contribution in [-0.2, 0) is 0 Å². The molecule has 2 aromatic rings. The summed E-state index contributed by atoms with van der Waals surface area (Å²) in [7, 11) is 0. The van der Waals surface area contributed by atoms with E-state index < -0.39 is 6.10 Å². The molecule has 0 saturated heterocycles. The van der Waals surface area contributed by atoms with Crippen LogP contribution in [0.25, 0.3) is 0 Å². The minimum absolute atomic E-state index is 0.482. The van der Waals surface area contributed by atoms with Crippen molar-refractivity contribution >= 4 is 23.2 Å². The van der Waals surface area contributed by atoms with Gasteiger partial charge in [-0.25, -0.2) is 0 Å². The molecule has 1 atom stereocenters. The van der Waals surface area contributed by atoms with Crippen LogP contribution in [0, 0.1) is 6.92 Å². The highest BCUT2D eigenvalue weighted by Gasteiger charge is 2.16. The quantitative estimate of drug-likeness (QED) is 0.882. The minimum Gasteiger partial charge on any atom is -0.469 e. The van der Waals surface area contributed by atoms with Crippen LogP contribution in [-0.4, -0.2) is 5.11 Å². The van der Waals surface area contributed by atoms with Crippen LogP contribution < -0.4 is 0 Å². The molecule has 1 unspecified atom stereocenters. The summed E-state index contributed by atoms with van der Waals surface area (Å²) < 4.78 is 5.14. The summed E-state index contributed by atoms with van der Waals surface area (Å²) >= 11 is 11.9. The molecule has 1 aromatic carbocycles. The number of halogens is 2. The fourth-order valence-electron chi connectivity index (χ4n) is 1.51. The second-order valence-electron chi connectivity index (χ2n) is 3.56. The van der Waals surface area contributed by atoms with Crippen LogP contribution in [0.5, 0.6) is 0 Å². The molecule has 84 valence electrons. The van der Waals surface area contributed by atoms with Gasteiger partial charge in [-0.05, 0) is 31.2 Å². The third-order valence-electron chi connectivity index (χ3n) is 2.32. The Bertz CT molecular complexity index is 505. The first-order chi connectivity index (χ1) is 7.58. The number of furan rings is 1. The van der Waals surface area contributed by atoms with E-state index in [9.17, 15) is 5.11 Å². The maximum atomic E-state index is 10.1.